The Hall–Kier alpha value is -1.78. The molecule has 1 atom stereocenters. The Morgan fingerprint density at radius 2 is 2.00 bits per heavy atom. The molecule has 1 aliphatic rings. The average molecular weight is 254 g/mol. The predicted molar refractivity (Wildman–Crippen MR) is 75.0 cm³/mol. The molecule has 1 heterocycles. The van der Waals surface area contributed by atoms with E-state index in [0.717, 1.165) is 23.5 Å². The van der Waals surface area contributed by atoms with E-state index < -0.39 is 7.12 Å². The van der Waals surface area contributed by atoms with Gasteiger partial charge in [-0.25, -0.2) is 0 Å². The maximum atomic E-state index is 9.11. The highest BCUT2D eigenvalue weighted by Gasteiger charge is 2.18. The lowest BCUT2D eigenvalue weighted by molar-refractivity contribution is 0.406. The molecule has 1 aromatic heterocycles. The molecule has 0 saturated heterocycles. The van der Waals surface area contributed by atoms with E-state index in [0.29, 0.717) is 5.92 Å². The summed E-state index contributed by atoms with van der Waals surface area (Å²) < 4.78 is 5.38. The second-order valence-electron chi connectivity index (χ2n) is 4.90. The van der Waals surface area contributed by atoms with Crippen LogP contribution < -0.4 is 16.3 Å². The largest absolute Gasteiger partial charge is 0.526 e. The molecule has 2 N–H and O–H groups in total. The van der Waals surface area contributed by atoms with Gasteiger partial charge in [0.15, 0.2) is 0 Å². The van der Waals surface area contributed by atoms with Crippen molar-refractivity contribution in [3.63, 3.8) is 0 Å². The summed E-state index contributed by atoms with van der Waals surface area (Å²) in [6.07, 6.45) is 6.07. The first-order valence-corrected chi connectivity index (χ1v) is 6.44. The molecule has 1 aliphatic carbocycles. The van der Waals surface area contributed by atoms with Crippen molar-refractivity contribution in [3.8, 4) is 0 Å². The maximum absolute atomic E-state index is 9.11. The summed E-state index contributed by atoms with van der Waals surface area (Å²) in [6.45, 7) is 0. The smallest absolute Gasteiger partial charge is 0.465 e. The van der Waals surface area contributed by atoms with E-state index in [4.69, 9.17) is 14.5 Å². The molecular weight excluding hydrogens is 239 g/mol. The number of fused-ring (bicyclic) bond motifs is 1. The van der Waals surface area contributed by atoms with Gasteiger partial charge in [0, 0.05) is 5.22 Å². The summed E-state index contributed by atoms with van der Waals surface area (Å²) in [5, 5.41) is 19.2. The van der Waals surface area contributed by atoms with E-state index in [2.05, 4.69) is 18.2 Å². The first-order chi connectivity index (χ1) is 9.22. The van der Waals surface area contributed by atoms with Gasteiger partial charge in [-0.15, -0.1) is 0 Å². The molecule has 19 heavy (non-hydrogen) atoms. The van der Waals surface area contributed by atoms with Crippen LogP contribution in [0.25, 0.3) is 12.2 Å². The zero-order chi connectivity index (χ0) is 13.2. The maximum Gasteiger partial charge on any atom is 0.526 e. The first kappa shape index (κ1) is 12.3. The summed E-state index contributed by atoms with van der Waals surface area (Å²) in [5.41, 5.74) is 2.26. The lowest BCUT2D eigenvalue weighted by Gasteiger charge is -2.12. The van der Waals surface area contributed by atoms with Gasteiger partial charge in [0.25, 0.3) is 0 Å². The molecule has 0 aliphatic heterocycles. The van der Waals surface area contributed by atoms with Crippen molar-refractivity contribution in [1.82, 2.24) is 0 Å². The Balaban J connectivity index is 1.86. The van der Waals surface area contributed by atoms with Crippen LogP contribution in [-0.4, -0.2) is 17.2 Å². The molecule has 0 amide bonds. The molecule has 1 unspecified atom stereocenters. The third-order valence-electron chi connectivity index (χ3n) is 3.43. The SMILES string of the molecule is OB(O)c1cc2c(o1)=CCC(Cc1ccccc1)C=2. The number of furan rings is 1. The molecule has 0 saturated carbocycles. The predicted octanol–water partition coefficient (Wildman–Crippen LogP) is -0.217. The van der Waals surface area contributed by atoms with Crippen LogP contribution in [-0.2, 0) is 6.42 Å². The van der Waals surface area contributed by atoms with E-state index in [-0.39, 0.29) is 5.66 Å². The third kappa shape index (κ3) is 2.65. The number of benzene rings is 1. The fourth-order valence-electron chi connectivity index (χ4n) is 2.50. The van der Waals surface area contributed by atoms with Crippen molar-refractivity contribution in [1.29, 1.82) is 0 Å². The second-order valence-corrected chi connectivity index (χ2v) is 4.90. The minimum Gasteiger partial charge on any atom is -0.465 e. The lowest BCUT2D eigenvalue weighted by atomic mass is 9.87. The molecule has 0 bridgehead atoms. The second kappa shape index (κ2) is 5.07. The van der Waals surface area contributed by atoms with E-state index in [1.54, 1.807) is 6.07 Å². The Morgan fingerprint density at radius 1 is 1.21 bits per heavy atom. The molecule has 4 heteroatoms. The minimum absolute atomic E-state index is 0.206. The van der Waals surface area contributed by atoms with E-state index in [1.165, 1.54) is 5.56 Å². The molecule has 3 rings (SSSR count). The normalized spacial score (nSPS) is 17.3. The Labute approximate surface area is 111 Å². The number of hydrogen-bond donors (Lipinski definition) is 2. The lowest BCUT2D eigenvalue weighted by Crippen LogP contribution is -2.28. The van der Waals surface area contributed by atoms with Crippen LogP contribution in [0.5, 0.6) is 0 Å². The standard InChI is InChI=1S/C15H15BO3/c17-16(18)15-10-13-9-12(6-7-14(13)19-15)8-11-4-2-1-3-5-11/h1-5,7,9-10,12,17-18H,6,8H2. The fourth-order valence-corrected chi connectivity index (χ4v) is 2.50. The Kier molecular flexibility index (Phi) is 3.28. The van der Waals surface area contributed by atoms with Crippen LogP contribution in [0, 0.1) is 5.92 Å². The van der Waals surface area contributed by atoms with Crippen LogP contribution in [0.2, 0.25) is 0 Å². The van der Waals surface area contributed by atoms with Crippen LogP contribution in [0.15, 0.2) is 40.8 Å². The number of rotatable bonds is 3. The van der Waals surface area contributed by atoms with Gasteiger partial charge in [-0.2, -0.15) is 0 Å². The van der Waals surface area contributed by atoms with Gasteiger partial charge in [-0.05, 0) is 36.5 Å². The van der Waals surface area contributed by atoms with E-state index in [9.17, 15) is 0 Å². The Bertz CT molecular complexity index is 673. The molecule has 0 spiro atoms. The van der Waals surface area contributed by atoms with Crippen molar-refractivity contribution in [2.24, 2.45) is 5.92 Å². The van der Waals surface area contributed by atoms with E-state index in [1.807, 2.05) is 24.3 Å². The summed E-state index contributed by atoms with van der Waals surface area (Å²) in [5.74, 6) is 0.427. The molecule has 0 fully saturated rings. The van der Waals surface area contributed by atoms with Crippen LogP contribution in [0.4, 0.5) is 0 Å². The van der Waals surface area contributed by atoms with Gasteiger partial charge in [-0.3, -0.25) is 0 Å². The zero-order valence-corrected chi connectivity index (χ0v) is 10.5. The van der Waals surface area contributed by atoms with Crippen molar-refractivity contribution in [2.75, 3.05) is 0 Å². The zero-order valence-electron chi connectivity index (χ0n) is 10.5. The van der Waals surface area contributed by atoms with Crippen molar-refractivity contribution >= 4 is 24.9 Å². The van der Waals surface area contributed by atoms with Crippen molar-refractivity contribution in [3.05, 3.63) is 52.6 Å². The third-order valence-corrected chi connectivity index (χ3v) is 3.43. The van der Waals surface area contributed by atoms with Crippen molar-refractivity contribution in [2.45, 2.75) is 12.8 Å². The molecule has 1 aromatic carbocycles. The molecule has 2 aromatic rings. The van der Waals surface area contributed by atoms with Crippen LogP contribution >= 0.6 is 0 Å². The average Bonchev–Trinajstić information content (AvgIpc) is 2.83. The minimum atomic E-state index is -1.54. The number of hydrogen-bond acceptors (Lipinski definition) is 3. The summed E-state index contributed by atoms with van der Waals surface area (Å²) in [4.78, 5) is 0. The highest BCUT2D eigenvalue weighted by atomic mass is 16.4. The Morgan fingerprint density at radius 3 is 2.74 bits per heavy atom. The van der Waals surface area contributed by atoms with Crippen LogP contribution in [0.3, 0.4) is 0 Å². The molecule has 96 valence electrons. The summed E-state index contributed by atoms with van der Waals surface area (Å²) in [6, 6.07) is 12.1. The highest BCUT2D eigenvalue weighted by Crippen LogP contribution is 2.15. The van der Waals surface area contributed by atoms with Gasteiger partial charge in [0.05, 0.1) is 0 Å². The molecular formula is C15H15BO3. The van der Waals surface area contributed by atoms with Gasteiger partial charge in [-0.1, -0.05) is 36.4 Å². The van der Waals surface area contributed by atoms with Gasteiger partial charge < -0.3 is 14.5 Å². The molecule has 0 radical (unpaired) electrons. The van der Waals surface area contributed by atoms with Gasteiger partial charge in [0.2, 0.25) is 0 Å². The highest BCUT2D eigenvalue weighted by molar-refractivity contribution is 6.56. The monoisotopic (exact) mass is 254 g/mol. The van der Waals surface area contributed by atoms with Gasteiger partial charge in [0.1, 0.15) is 11.1 Å². The summed E-state index contributed by atoms with van der Waals surface area (Å²) >= 11 is 0. The fraction of sp³-hybridized carbons (Fsp3) is 0.200. The topological polar surface area (TPSA) is 53.6 Å². The first-order valence-electron chi connectivity index (χ1n) is 6.44. The van der Waals surface area contributed by atoms with Crippen molar-refractivity contribution < 1.29 is 14.5 Å². The quantitative estimate of drug-likeness (QED) is 0.745. The molecule has 3 nitrogen and oxygen atoms in total. The van der Waals surface area contributed by atoms with Gasteiger partial charge >= 0.3 is 7.12 Å². The summed E-state index contributed by atoms with van der Waals surface area (Å²) in [7, 11) is -1.54. The van der Waals surface area contributed by atoms with Crippen LogP contribution in [0.1, 0.15) is 12.0 Å². The van der Waals surface area contributed by atoms with E-state index >= 15 is 0 Å².